The minimum Gasteiger partial charge on any atom is -0.349 e. The zero-order chi connectivity index (χ0) is 10.9. The van der Waals surface area contributed by atoms with Crippen molar-refractivity contribution in [2.75, 3.05) is 0 Å². The van der Waals surface area contributed by atoms with Crippen LogP contribution in [0.15, 0.2) is 0 Å². The molecule has 3 fully saturated rings. The van der Waals surface area contributed by atoms with E-state index >= 15 is 0 Å². The summed E-state index contributed by atoms with van der Waals surface area (Å²) in [6.07, 6.45) is 8.04. The van der Waals surface area contributed by atoms with Crippen LogP contribution >= 0.6 is 0 Å². The molecule has 1 saturated carbocycles. The van der Waals surface area contributed by atoms with Crippen molar-refractivity contribution >= 4 is 0 Å². The summed E-state index contributed by atoms with van der Waals surface area (Å²) in [6.45, 7) is 6.84. The first kappa shape index (κ1) is 11.4. The van der Waals surface area contributed by atoms with Crippen molar-refractivity contribution in [2.45, 2.75) is 77.8 Å². The molecule has 0 spiro atoms. The molecular formula is C13H24O2. The van der Waals surface area contributed by atoms with Crippen LogP contribution in [-0.2, 0) is 9.47 Å². The lowest BCUT2D eigenvalue weighted by Gasteiger charge is -2.28. The number of ether oxygens (including phenoxy) is 2. The standard InChI is InChI=1S/C13H24O2/c1-4-13(2,3)9-12-14-10-5-6-11(15-12)8-7-10/h10-12H,4-9H2,1-3H3. The molecule has 3 aliphatic rings. The fourth-order valence-corrected chi connectivity index (χ4v) is 2.46. The Balaban J connectivity index is 1.93. The fourth-order valence-electron chi connectivity index (χ4n) is 2.46. The molecule has 3 rings (SSSR count). The van der Waals surface area contributed by atoms with Gasteiger partial charge in [-0.1, -0.05) is 27.2 Å². The van der Waals surface area contributed by atoms with Gasteiger partial charge in [0, 0.05) is 6.42 Å². The van der Waals surface area contributed by atoms with Gasteiger partial charge in [-0.25, -0.2) is 0 Å². The third kappa shape index (κ3) is 2.94. The molecule has 0 amide bonds. The molecule has 2 nitrogen and oxygen atoms in total. The Morgan fingerprint density at radius 3 is 1.87 bits per heavy atom. The van der Waals surface area contributed by atoms with E-state index in [2.05, 4.69) is 20.8 Å². The average Bonchev–Trinajstić information content (AvgIpc) is 2.48. The quantitative estimate of drug-likeness (QED) is 0.713. The number of rotatable bonds is 3. The number of hydrogen-bond acceptors (Lipinski definition) is 2. The van der Waals surface area contributed by atoms with Crippen molar-refractivity contribution in [3.8, 4) is 0 Å². The van der Waals surface area contributed by atoms with Crippen molar-refractivity contribution in [1.82, 2.24) is 0 Å². The van der Waals surface area contributed by atoms with E-state index in [9.17, 15) is 0 Å². The predicted octanol–water partition coefficient (Wildman–Crippen LogP) is 3.50. The van der Waals surface area contributed by atoms with E-state index in [4.69, 9.17) is 9.47 Å². The van der Waals surface area contributed by atoms with Crippen molar-refractivity contribution < 1.29 is 9.47 Å². The Kier molecular flexibility index (Phi) is 3.36. The third-order valence-electron chi connectivity index (χ3n) is 3.99. The summed E-state index contributed by atoms with van der Waals surface area (Å²) < 4.78 is 12.0. The lowest BCUT2D eigenvalue weighted by molar-refractivity contribution is -0.172. The van der Waals surface area contributed by atoms with Gasteiger partial charge < -0.3 is 9.47 Å². The zero-order valence-electron chi connectivity index (χ0n) is 10.3. The maximum absolute atomic E-state index is 6.02. The van der Waals surface area contributed by atoms with E-state index in [0.717, 1.165) is 6.42 Å². The topological polar surface area (TPSA) is 18.5 Å². The van der Waals surface area contributed by atoms with Crippen LogP contribution in [0.25, 0.3) is 0 Å². The highest BCUT2D eigenvalue weighted by Gasteiger charge is 2.34. The van der Waals surface area contributed by atoms with Crippen LogP contribution in [0.1, 0.15) is 59.3 Å². The van der Waals surface area contributed by atoms with Crippen LogP contribution in [0, 0.1) is 5.41 Å². The minimum atomic E-state index is 0.0555. The van der Waals surface area contributed by atoms with Gasteiger partial charge in [0.15, 0.2) is 6.29 Å². The molecular weight excluding hydrogens is 188 g/mol. The van der Waals surface area contributed by atoms with Crippen molar-refractivity contribution in [2.24, 2.45) is 5.41 Å². The molecule has 88 valence electrons. The first-order valence-electron chi connectivity index (χ1n) is 6.40. The molecule has 2 heterocycles. The lowest BCUT2D eigenvalue weighted by Crippen LogP contribution is -2.26. The highest BCUT2D eigenvalue weighted by Crippen LogP contribution is 2.35. The molecule has 0 unspecified atom stereocenters. The van der Waals surface area contributed by atoms with Gasteiger partial charge in [-0.3, -0.25) is 0 Å². The molecule has 2 bridgehead atoms. The summed E-state index contributed by atoms with van der Waals surface area (Å²) in [5.41, 5.74) is 0.342. The summed E-state index contributed by atoms with van der Waals surface area (Å²) in [6, 6.07) is 0. The fraction of sp³-hybridized carbons (Fsp3) is 1.00. The smallest absolute Gasteiger partial charge is 0.158 e. The zero-order valence-corrected chi connectivity index (χ0v) is 10.3. The molecule has 2 saturated heterocycles. The van der Waals surface area contributed by atoms with Gasteiger partial charge in [0.05, 0.1) is 12.2 Å². The second kappa shape index (κ2) is 4.42. The van der Waals surface area contributed by atoms with Gasteiger partial charge >= 0.3 is 0 Å². The van der Waals surface area contributed by atoms with Crippen LogP contribution in [-0.4, -0.2) is 18.5 Å². The summed E-state index contributed by atoms with van der Waals surface area (Å²) in [5, 5.41) is 0. The summed E-state index contributed by atoms with van der Waals surface area (Å²) >= 11 is 0. The third-order valence-corrected chi connectivity index (χ3v) is 3.99. The van der Waals surface area contributed by atoms with Crippen LogP contribution in [0.3, 0.4) is 0 Å². The Bertz CT molecular complexity index is 191. The largest absolute Gasteiger partial charge is 0.349 e. The number of hydrogen-bond donors (Lipinski definition) is 0. The predicted molar refractivity (Wildman–Crippen MR) is 60.7 cm³/mol. The van der Waals surface area contributed by atoms with E-state index < -0.39 is 0 Å². The molecule has 0 aromatic rings. The van der Waals surface area contributed by atoms with Crippen molar-refractivity contribution in [3.05, 3.63) is 0 Å². The molecule has 15 heavy (non-hydrogen) atoms. The van der Waals surface area contributed by atoms with E-state index in [1.165, 1.54) is 32.1 Å². The van der Waals surface area contributed by atoms with E-state index in [1.807, 2.05) is 0 Å². The van der Waals surface area contributed by atoms with E-state index in [1.54, 1.807) is 0 Å². The Morgan fingerprint density at radius 1 is 1.00 bits per heavy atom. The SMILES string of the molecule is CCC(C)(C)CC1OC2CCC(CC2)O1. The Labute approximate surface area is 93.3 Å². The van der Waals surface area contributed by atoms with E-state index in [0.29, 0.717) is 17.6 Å². The molecule has 0 N–H and O–H groups in total. The van der Waals surface area contributed by atoms with Crippen molar-refractivity contribution in [1.29, 1.82) is 0 Å². The van der Waals surface area contributed by atoms with Gasteiger partial charge in [-0.2, -0.15) is 0 Å². The van der Waals surface area contributed by atoms with Gasteiger partial charge in [0.25, 0.3) is 0 Å². The van der Waals surface area contributed by atoms with Gasteiger partial charge in [-0.15, -0.1) is 0 Å². The van der Waals surface area contributed by atoms with Gasteiger partial charge in [-0.05, 0) is 31.1 Å². The van der Waals surface area contributed by atoms with Crippen LogP contribution in [0.4, 0.5) is 0 Å². The Hall–Kier alpha value is -0.0800. The second-order valence-electron chi connectivity index (χ2n) is 5.82. The summed E-state index contributed by atoms with van der Waals surface area (Å²) in [7, 11) is 0. The molecule has 2 heteroatoms. The van der Waals surface area contributed by atoms with Gasteiger partial charge in [0.1, 0.15) is 0 Å². The minimum absolute atomic E-state index is 0.0555. The molecule has 2 aliphatic heterocycles. The average molecular weight is 212 g/mol. The molecule has 1 aliphatic carbocycles. The van der Waals surface area contributed by atoms with E-state index in [-0.39, 0.29) is 6.29 Å². The molecule has 0 radical (unpaired) electrons. The first-order valence-corrected chi connectivity index (χ1v) is 6.40. The van der Waals surface area contributed by atoms with Gasteiger partial charge in [0.2, 0.25) is 0 Å². The molecule has 0 aromatic carbocycles. The maximum Gasteiger partial charge on any atom is 0.158 e. The van der Waals surface area contributed by atoms with Crippen LogP contribution in [0.2, 0.25) is 0 Å². The summed E-state index contributed by atoms with van der Waals surface area (Å²) in [4.78, 5) is 0. The lowest BCUT2D eigenvalue weighted by atomic mass is 9.86. The second-order valence-corrected chi connectivity index (χ2v) is 5.82. The van der Waals surface area contributed by atoms with Crippen LogP contribution < -0.4 is 0 Å². The van der Waals surface area contributed by atoms with Crippen molar-refractivity contribution in [3.63, 3.8) is 0 Å². The maximum atomic E-state index is 6.02. The first-order chi connectivity index (χ1) is 7.09. The molecule has 0 atom stereocenters. The summed E-state index contributed by atoms with van der Waals surface area (Å²) in [5.74, 6) is 0. The number of fused-ring (bicyclic) bond motifs is 4. The van der Waals surface area contributed by atoms with Crippen LogP contribution in [0.5, 0.6) is 0 Å². The normalized spacial score (nSPS) is 36.6. The highest BCUT2D eigenvalue weighted by atomic mass is 16.7. The highest BCUT2D eigenvalue weighted by molar-refractivity contribution is 4.79. The molecule has 0 aromatic heterocycles. The monoisotopic (exact) mass is 212 g/mol. The Morgan fingerprint density at radius 2 is 1.47 bits per heavy atom.